The molecule has 0 saturated heterocycles. The molecule has 0 spiro atoms. The molecule has 1 aromatic heterocycles. The predicted molar refractivity (Wildman–Crippen MR) is 86.5 cm³/mol. The van der Waals surface area contributed by atoms with Crippen molar-refractivity contribution in [2.45, 2.75) is 6.67 Å². The topological polar surface area (TPSA) is 17.3 Å². The minimum Gasteiger partial charge on any atom is -0.320 e. The minimum atomic E-state index is 0.586. The van der Waals surface area contributed by atoms with Gasteiger partial charge in [-0.25, -0.2) is 0 Å². The van der Waals surface area contributed by atoms with Gasteiger partial charge in [0.1, 0.15) is 6.67 Å². The Morgan fingerprint density at radius 2 is 1.55 bits per heavy atom. The Morgan fingerprint density at radius 3 is 2.40 bits per heavy atom. The van der Waals surface area contributed by atoms with Crippen LogP contribution in [0.2, 0.25) is 0 Å². The third kappa shape index (κ3) is 1.42. The van der Waals surface area contributed by atoms with Crippen molar-refractivity contribution in [1.82, 2.24) is 4.57 Å². The summed E-state index contributed by atoms with van der Waals surface area (Å²) in [5, 5.41) is 5.16. The Balaban J connectivity index is 2.31. The lowest BCUT2D eigenvalue weighted by atomic mass is 10.0. The van der Waals surface area contributed by atoms with Gasteiger partial charge in [-0.1, -0.05) is 48.5 Å². The second-order valence-electron chi connectivity index (χ2n) is 4.99. The first-order chi connectivity index (χ1) is 9.90. The lowest BCUT2D eigenvalue weighted by Gasteiger charge is -2.04. The highest BCUT2D eigenvalue weighted by Gasteiger charge is 2.11. The van der Waals surface area contributed by atoms with E-state index in [2.05, 4.69) is 76.9 Å². The largest absolute Gasteiger partial charge is 0.320 e. The average molecular weight is 258 g/mol. The van der Waals surface area contributed by atoms with Gasteiger partial charge in [-0.05, 0) is 29.6 Å². The maximum atomic E-state index is 4.07. The Labute approximate surface area is 117 Å². The summed E-state index contributed by atoms with van der Waals surface area (Å²) in [4.78, 5) is 4.07. The van der Waals surface area contributed by atoms with E-state index in [-0.39, 0.29) is 0 Å². The van der Waals surface area contributed by atoms with Gasteiger partial charge < -0.3 is 4.57 Å². The van der Waals surface area contributed by atoms with Crippen molar-refractivity contribution in [1.29, 1.82) is 0 Å². The van der Waals surface area contributed by atoms with Crippen LogP contribution < -0.4 is 0 Å². The molecule has 4 aromatic rings. The molecule has 0 radical (unpaired) electrons. The van der Waals surface area contributed by atoms with Gasteiger partial charge in [-0.2, -0.15) is 0 Å². The van der Waals surface area contributed by atoms with E-state index in [1.807, 2.05) is 0 Å². The van der Waals surface area contributed by atoms with Crippen LogP contribution in [-0.2, 0) is 6.67 Å². The van der Waals surface area contributed by atoms with Crippen LogP contribution in [0.5, 0.6) is 0 Å². The number of aromatic nitrogens is 1. The summed E-state index contributed by atoms with van der Waals surface area (Å²) in [5.41, 5.74) is 2.43. The highest BCUT2D eigenvalue weighted by Crippen LogP contribution is 2.34. The highest BCUT2D eigenvalue weighted by molar-refractivity contribution is 6.20. The van der Waals surface area contributed by atoms with Crippen LogP contribution >= 0.6 is 0 Å². The van der Waals surface area contributed by atoms with Gasteiger partial charge in [0.15, 0.2) is 0 Å². The summed E-state index contributed by atoms with van der Waals surface area (Å²) < 4.78 is 2.23. The summed E-state index contributed by atoms with van der Waals surface area (Å²) in [6, 6.07) is 21.4. The number of para-hydroxylation sites is 1. The van der Waals surface area contributed by atoms with Gasteiger partial charge in [-0.15, -0.1) is 0 Å². The maximum Gasteiger partial charge on any atom is 0.114 e. The number of hydrogen-bond donors (Lipinski definition) is 0. The monoisotopic (exact) mass is 258 g/mol. The normalized spacial score (nSPS) is 11.4. The van der Waals surface area contributed by atoms with Crippen molar-refractivity contribution in [3.63, 3.8) is 0 Å². The SMILES string of the molecule is C=NCn1c2ccccc2c2c3ccccc3ccc21. The van der Waals surface area contributed by atoms with E-state index in [0.717, 1.165) is 0 Å². The van der Waals surface area contributed by atoms with E-state index in [4.69, 9.17) is 0 Å². The number of nitrogens with zero attached hydrogens (tertiary/aromatic N) is 2. The molecule has 0 N–H and O–H groups in total. The van der Waals surface area contributed by atoms with Crippen LogP contribution in [-0.4, -0.2) is 11.3 Å². The summed E-state index contributed by atoms with van der Waals surface area (Å²) in [6.07, 6.45) is 0. The van der Waals surface area contributed by atoms with Crippen LogP contribution in [0.1, 0.15) is 0 Å². The molecule has 4 rings (SSSR count). The molecule has 1 heterocycles. The van der Waals surface area contributed by atoms with E-state index in [0.29, 0.717) is 6.67 Å². The quantitative estimate of drug-likeness (QED) is 0.467. The summed E-state index contributed by atoms with van der Waals surface area (Å²) in [6.45, 7) is 4.23. The second kappa shape index (κ2) is 4.20. The zero-order chi connectivity index (χ0) is 13.5. The van der Waals surface area contributed by atoms with Gasteiger partial charge in [0.2, 0.25) is 0 Å². The van der Waals surface area contributed by atoms with Crippen molar-refractivity contribution in [2.75, 3.05) is 0 Å². The maximum absolute atomic E-state index is 4.07. The van der Waals surface area contributed by atoms with Gasteiger partial charge in [0, 0.05) is 10.8 Å². The summed E-state index contributed by atoms with van der Waals surface area (Å²) in [7, 11) is 0. The van der Waals surface area contributed by atoms with Crippen LogP contribution in [0, 0.1) is 0 Å². The van der Waals surface area contributed by atoms with Crippen molar-refractivity contribution in [2.24, 2.45) is 4.99 Å². The molecule has 0 aliphatic rings. The lowest BCUT2D eigenvalue weighted by Crippen LogP contribution is -1.93. The molecule has 0 aliphatic heterocycles. The van der Waals surface area contributed by atoms with Crippen molar-refractivity contribution in [3.8, 4) is 0 Å². The molecule has 0 amide bonds. The van der Waals surface area contributed by atoms with Gasteiger partial charge >= 0.3 is 0 Å². The van der Waals surface area contributed by atoms with Crippen LogP contribution in [0.3, 0.4) is 0 Å². The Kier molecular flexibility index (Phi) is 2.36. The Morgan fingerprint density at radius 1 is 0.800 bits per heavy atom. The first kappa shape index (κ1) is 11.2. The molecule has 0 fully saturated rings. The number of rotatable bonds is 2. The smallest absolute Gasteiger partial charge is 0.114 e. The van der Waals surface area contributed by atoms with Crippen LogP contribution in [0.15, 0.2) is 65.7 Å². The standard InChI is InChI=1S/C18H14N2/c1-19-12-20-16-9-5-4-8-15(16)18-14-7-3-2-6-13(14)10-11-17(18)20/h2-11H,1,12H2. The third-order valence-corrected chi connectivity index (χ3v) is 3.90. The number of aliphatic imine (C=N–C) groups is 1. The third-order valence-electron chi connectivity index (χ3n) is 3.90. The molecular weight excluding hydrogens is 244 g/mol. The first-order valence-corrected chi connectivity index (χ1v) is 6.71. The van der Waals surface area contributed by atoms with Crippen molar-refractivity contribution >= 4 is 39.3 Å². The molecule has 0 unspecified atom stereocenters. The fraction of sp³-hybridized carbons (Fsp3) is 0.0556. The molecule has 2 heteroatoms. The summed E-state index contributed by atoms with van der Waals surface area (Å²) >= 11 is 0. The number of hydrogen-bond acceptors (Lipinski definition) is 1. The molecule has 0 aliphatic carbocycles. The molecule has 3 aromatic carbocycles. The van der Waals surface area contributed by atoms with Gasteiger partial charge in [-0.3, -0.25) is 4.99 Å². The van der Waals surface area contributed by atoms with E-state index in [9.17, 15) is 0 Å². The van der Waals surface area contributed by atoms with E-state index >= 15 is 0 Å². The van der Waals surface area contributed by atoms with Crippen molar-refractivity contribution < 1.29 is 0 Å². The Hall–Kier alpha value is -2.61. The molecule has 2 nitrogen and oxygen atoms in total. The molecule has 0 saturated carbocycles. The number of benzene rings is 3. The van der Waals surface area contributed by atoms with Gasteiger partial charge in [0.05, 0.1) is 11.0 Å². The molecule has 20 heavy (non-hydrogen) atoms. The summed E-state index contributed by atoms with van der Waals surface area (Å²) in [5.74, 6) is 0. The van der Waals surface area contributed by atoms with E-state index < -0.39 is 0 Å². The second-order valence-corrected chi connectivity index (χ2v) is 4.99. The lowest BCUT2D eigenvalue weighted by molar-refractivity contribution is 0.799. The fourth-order valence-corrected chi connectivity index (χ4v) is 3.07. The van der Waals surface area contributed by atoms with Crippen molar-refractivity contribution in [3.05, 3.63) is 60.7 Å². The van der Waals surface area contributed by atoms with E-state index in [1.54, 1.807) is 0 Å². The first-order valence-electron chi connectivity index (χ1n) is 6.71. The molecule has 0 bridgehead atoms. The van der Waals surface area contributed by atoms with Crippen LogP contribution in [0.4, 0.5) is 0 Å². The fourth-order valence-electron chi connectivity index (χ4n) is 3.07. The number of fused-ring (bicyclic) bond motifs is 5. The van der Waals surface area contributed by atoms with Gasteiger partial charge in [0.25, 0.3) is 0 Å². The molecular formula is C18H14N2. The predicted octanol–water partition coefficient (Wildman–Crippen LogP) is 4.61. The zero-order valence-corrected chi connectivity index (χ0v) is 11.1. The van der Waals surface area contributed by atoms with Crippen LogP contribution in [0.25, 0.3) is 32.6 Å². The Bertz CT molecular complexity index is 948. The highest BCUT2D eigenvalue weighted by atomic mass is 15.1. The molecule has 0 atom stereocenters. The zero-order valence-electron chi connectivity index (χ0n) is 11.1. The minimum absolute atomic E-state index is 0.586. The molecule has 96 valence electrons. The van der Waals surface area contributed by atoms with E-state index in [1.165, 1.54) is 32.6 Å². The average Bonchev–Trinajstić information content (AvgIpc) is 2.83.